The van der Waals surface area contributed by atoms with E-state index in [-0.39, 0.29) is 23.7 Å². The van der Waals surface area contributed by atoms with Crippen molar-refractivity contribution in [2.75, 3.05) is 24.9 Å². The van der Waals surface area contributed by atoms with Crippen molar-refractivity contribution in [3.8, 4) is 11.5 Å². The Morgan fingerprint density at radius 3 is 2.26 bits per heavy atom. The number of hydrogen-bond donors (Lipinski definition) is 2. The fourth-order valence-electron chi connectivity index (χ4n) is 3.09. The van der Waals surface area contributed by atoms with Crippen LogP contribution in [0.1, 0.15) is 18.9 Å². The topological polar surface area (TPSA) is 76.7 Å². The maximum atomic E-state index is 12.5. The molecule has 142 valence electrons. The van der Waals surface area contributed by atoms with E-state index in [1.807, 2.05) is 31.2 Å². The number of ether oxygens (including phenoxy) is 2. The Bertz CT molecular complexity index is 850. The number of rotatable bonds is 7. The van der Waals surface area contributed by atoms with Crippen LogP contribution in [-0.2, 0) is 16.0 Å². The summed E-state index contributed by atoms with van der Waals surface area (Å²) < 4.78 is 10.5. The number of nitrogens with one attached hydrogen (secondary N) is 2. The summed E-state index contributed by atoms with van der Waals surface area (Å²) in [6.45, 7) is 2.04. The number of benzene rings is 2. The van der Waals surface area contributed by atoms with Gasteiger partial charge in [-0.25, -0.2) is 0 Å². The van der Waals surface area contributed by atoms with Crippen LogP contribution in [0.4, 0.5) is 11.4 Å². The van der Waals surface area contributed by atoms with Gasteiger partial charge >= 0.3 is 0 Å². The van der Waals surface area contributed by atoms with Gasteiger partial charge in [-0.2, -0.15) is 0 Å². The molecule has 2 aromatic rings. The van der Waals surface area contributed by atoms with Crippen molar-refractivity contribution >= 4 is 23.2 Å². The monoisotopic (exact) mass is 368 g/mol. The molecule has 0 bridgehead atoms. The van der Waals surface area contributed by atoms with Crippen molar-refractivity contribution in [2.24, 2.45) is 11.8 Å². The molecule has 6 nitrogen and oxygen atoms in total. The Morgan fingerprint density at radius 2 is 1.63 bits per heavy atom. The standard InChI is InChI=1S/C21H24N2O4/c1-4-13-7-5-6-8-17(13)22-20(24)15-12-16(15)21(25)23-18-11-14(26-2)9-10-19(18)27-3/h5-11,15-16H,4,12H2,1-3H3,(H,22,24)(H,23,25). The summed E-state index contributed by atoms with van der Waals surface area (Å²) in [6.07, 6.45) is 1.37. The number of aryl methyl sites for hydroxylation is 1. The predicted molar refractivity (Wildman–Crippen MR) is 104 cm³/mol. The Morgan fingerprint density at radius 1 is 0.963 bits per heavy atom. The van der Waals surface area contributed by atoms with Gasteiger partial charge in [0.15, 0.2) is 0 Å². The molecule has 1 saturated carbocycles. The van der Waals surface area contributed by atoms with Crippen LogP contribution in [0.3, 0.4) is 0 Å². The van der Waals surface area contributed by atoms with Crippen LogP contribution in [0.5, 0.6) is 11.5 Å². The minimum atomic E-state index is -0.338. The highest BCUT2D eigenvalue weighted by atomic mass is 16.5. The summed E-state index contributed by atoms with van der Waals surface area (Å²) in [6, 6.07) is 12.9. The zero-order valence-corrected chi connectivity index (χ0v) is 15.7. The van der Waals surface area contributed by atoms with Gasteiger partial charge in [0.25, 0.3) is 0 Å². The second kappa shape index (κ2) is 8.12. The second-order valence-corrected chi connectivity index (χ2v) is 6.50. The molecule has 2 N–H and O–H groups in total. The molecule has 1 aliphatic rings. The zero-order valence-electron chi connectivity index (χ0n) is 15.7. The summed E-state index contributed by atoms with van der Waals surface area (Å²) in [7, 11) is 3.10. The van der Waals surface area contributed by atoms with Gasteiger partial charge in [-0.05, 0) is 36.6 Å². The lowest BCUT2D eigenvalue weighted by Gasteiger charge is -2.12. The minimum Gasteiger partial charge on any atom is -0.497 e. The second-order valence-electron chi connectivity index (χ2n) is 6.50. The number of amides is 2. The van der Waals surface area contributed by atoms with Crippen molar-refractivity contribution < 1.29 is 19.1 Å². The molecule has 2 aromatic carbocycles. The molecule has 0 heterocycles. The average Bonchev–Trinajstić information content (AvgIpc) is 3.49. The molecule has 2 unspecified atom stereocenters. The zero-order chi connectivity index (χ0) is 19.4. The van der Waals surface area contributed by atoms with Crippen molar-refractivity contribution in [1.29, 1.82) is 0 Å². The van der Waals surface area contributed by atoms with Gasteiger partial charge in [-0.3, -0.25) is 9.59 Å². The molecular weight excluding hydrogens is 344 g/mol. The van der Waals surface area contributed by atoms with Crippen molar-refractivity contribution in [3.05, 3.63) is 48.0 Å². The highest BCUT2D eigenvalue weighted by Gasteiger charge is 2.48. The van der Waals surface area contributed by atoms with Gasteiger partial charge in [-0.15, -0.1) is 0 Å². The van der Waals surface area contributed by atoms with Crippen molar-refractivity contribution in [2.45, 2.75) is 19.8 Å². The van der Waals surface area contributed by atoms with Crippen LogP contribution in [0.25, 0.3) is 0 Å². The van der Waals surface area contributed by atoms with Gasteiger partial charge in [0, 0.05) is 11.8 Å². The van der Waals surface area contributed by atoms with Gasteiger partial charge in [0.05, 0.1) is 31.7 Å². The van der Waals surface area contributed by atoms with E-state index in [1.54, 1.807) is 25.3 Å². The Balaban J connectivity index is 1.63. The van der Waals surface area contributed by atoms with E-state index in [9.17, 15) is 9.59 Å². The first-order chi connectivity index (χ1) is 13.1. The first-order valence-corrected chi connectivity index (χ1v) is 8.99. The summed E-state index contributed by atoms with van der Waals surface area (Å²) in [5, 5.41) is 5.79. The summed E-state index contributed by atoms with van der Waals surface area (Å²) in [5.41, 5.74) is 2.42. The third-order valence-corrected chi connectivity index (χ3v) is 4.78. The molecule has 3 rings (SSSR count). The molecule has 6 heteroatoms. The maximum absolute atomic E-state index is 12.5. The van der Waals surface area contributed by atoms with Crippen LogP contribution in [0, 0.1) is 11.8 Å². The number of carbonyl (C=O) groups is 2. The SMILES string of the molecule is CCc1ccccc1NC(=O)C1CC1C(=O)Nc1cc(OC)ccc1OC. The molecule has 0 aromatic heterocycles. The van der Waals surface area contributed by atoms with Crippen molar-refractivity contribution in [3.63, 3.8) is 0 Å². The molecule has 0 aliphatic heterocycles. The Hall–Kier alpha value is -3.02. The molecule has 0 radical (unpaired) electrons. The number of para-hydroxylation sites is 1. The third-order valence-electron chi connectivity index (χ3n) is 4.78. The number of methoxy groups -OCH3 is 2. The highest BCUT2D eigenvalue weighted by Crippen LogP contribution is 2.41. The van der Waals surface area contributed by atoms with E-state index in [4.69, 9.17) is 9.47 Å². The van der Waals surface area contributed by atoms with Crippen LogP contribution in [0.2, 0.25) is 0 Å². The molecule has 0 saturated heterocycles. The van der Waals surface area contributed by atoms with E-state index in [1.165, 1.54) is 7.11 Å². The Kier molecular flexibility index (Phi) is 5.64. The summed E-state index contributed by atoms with van der Waals surface area (Å²) in [4.78, 5) is 25.0. The molecule has 0 spiro atoms. The van der Waals surface area contributed by atoms with E-state index >= 15 is 0 Å². The van der Waals surface area contributed by atoms with Gasteiger partial charge < -0.3 is 20.1 Å². The average molecular weight is 368 g/mol. The molecular formula is C21H24N2O4. The van der Waals surface area contributed by atoms with E-state index in [2.05, 4.69) is 10.6 Å². The number of carbonyl (C=O) groups excluding carboxylic acids is 2. The summed E-state index contributed by atoms with van der Waals surface area (Å²) in [5.74, 6) is 0.204. The molecule has 27 heavy (non-hydrogen) atoms. The van der Waals surface area contributed by atoms with E-state index < -0.39 is 0 Å². The highest BCUT2D eigenvalue weighted by molar-refractivity contribution is 6.04. The van der Waals surface area contributed by atoms with Gasteiger partial charge in [-0.1, -0.05) is 25.1 Å². The van der Waals surface area contributed by atoms with Crippen LogP contribution in [-0.4, -0.2) is 26.0 Å². The van der Waals surface area contributed by atoms with Crippen LogP contribution < -0.4 is 20.1 Å². The van der Waals surface area contributed by atoms with Crippen LogP contribution in [0.15, 0.2) is 42.5 Å². The van der Waals surface area contributed by atoms with Gasteiger partial charge in [0.2, 0.25) is 11.8 Å². The quantitative estimate of drug-likeness (QED) is 0.784. The first kappa shape index (κ1) is 18.8. The largest absolute Gasteiger partial charge is 0.497 e. The number of hydrogen-bond acceptors (Lipinski definition) is 4. The lowest BCUT2D eigenvalue weighted by Crippen LogP contribution is -2.21. The smallest absolute Gasteiger partial charge is 0.228 e. The van der Waals surface area contributed by atoms with Gasteiger partial charge in [0.1, 0.15) is 11.5 Å². The minimum absolute atomic E-state index is 0.117. The lowest BCUT2D eigenvalue weighted by molar-refractivity contribution is -0.122. The van der Waals surface area contributed by atoms with Crippen LogP contribution >= 0.6 is 0 Å². The summed E-state index contributed by atoms with van der Waals surface area (Å²) >= 11 is 0. The van der Waals surface area contributed by atoms with Crippen molar-refractivity contribution in [1.82, 2.24) is 0 Å². The fraction of sp³-hybridized carbons (Fsp3) is 0.333. The fourth-order valence-corrected chi connectivity index (χ4v) is 3.09. The normalized spacial score (nSPS) is 17.7. The first-order valence-electron chi connectivity index (χ1n) is 8.99. The predicted octanol–water partition coefficient (Wildman–Crippen LogP) is 3.48. The van der Waals surface area contributed by atoms with E-state index in [0.717, 1.165) is 17.7 Å². The molecule has 2 atom stereocenters. The molecule has 1 aliphatic carbocycles. The maximum Gasteiger partial charge on any atom is 0.228 e. The Labute approximate surface area is 158 Å². The third kappa shape index (κ3) is 4.22. The molecule has 1 fully saturated rings. The molecule has 2 amide bonds. The van der Waals surface area contributed by atoms with E-state index in [0.29, 0.717) is 23.6 Å². The number of anilines is 2. The lowest BCUT2D eigenvalue weighted by atomic mass is 10.1.